The summed E-state index contributed by atoms with van der Waals surface area (Å²) in [6, 6.07) is 35.9. The molecule has 3 atom stereocenters. The highest BCUT2D eigenvalue weighted by atomic mass is 16.7. The van der Waals surface area contributed by atoms with Gasteiger partial charge in [0.25, 0.3) is 0 Å². The van der Waals surface area contributed by atoms with Crippen molar-refractivity contribution < 1.29 is 29.3 Å². The Morgan fingerprint density at radius 3 is 1.89 bits per heavy atom. The molecule has 4 aromatic carbocycles. The molecule has 1 fully saturated rings. The lowest BCUT2D eigenvalue weighted by molar-refractivity contribution is -0.253. The molecule has 1 aliphatic heterocycles. The van der Waals surface area contributed by atoms with E-state index < -0.39 is 12.3 Å². The smallest absolute Gasteiger partial charge is 0.303 e. The zero-order chi connectivity index (χ0) is 30.7. The quantitative estimate of drug-likeness (QED) is 0.168. The van der Waals surface area contributed by atoms with Crippen LogP contribution in [0.4, 0.5) is 5.69 Å². The second-order valence-electron chi connectivity index (χ2n) is 11.1. The Bertz CT molecular complexity index is 1440. The average Bonchev–Trinajstić information content (AvgIpc) is 3.05. The predicted octanol–water partition coefficient (Wildman–Crippen LogP) is 6.23. The van der Waals surface area contributed by atoms with Gasteiger partial charge in [0.05, 0.1) is 25.2 Å². The minimum absolute atomic E-state index is 0.0205. The molecule has 0 saturated carbocycles. The van der Waals surface area contributed by atoms with Crippen molar-refractivity contribution in [3.05, 3.63) is 137 Å². The van der Waals surface area contributed by atoms with Crippen molar-refractivity contribution in [3.63, 3.8) is 0 Å². The number of carbonyl (C=O) groups is 2. The first-order valence-corrected chi connectivity index (χ1v) is 14.9. The fourth-order valence-corrected chi connectivity index (χ4v) is 5.36. The fourth-order valence-electron chi connectivity index (χ4n) is 5.36. The molecule has 0 aliphatic carbocycles. The Balaban J connectivity index is 1.35. The number of amides is 1. The molecule has 1 saturated heterocycles. The third-order valence-corrected chi connectivity index (χ3v) is 7.61. The summed E-state index contributed by atoms with van der Waals surface area (Å²) < 4.78 is 13.1. The first-order chi connectivity index (χ1) is 21.4. The van der Waals surface area contributed by atoms with Crippen LogP contribution in [0.2, 0.25) is 0 Å². The molecule has 44 heavy (non-hydrogen) atoms. The summed E-state index contributed by atoms with van der Waals surface area (Å²) in [4.78, 5) is 25.3. The highest BCUT2D eigenvalue weighted by Gasteiger charge is 2.33. The zero-order valence-corrected chi connectivity index (χ0v) is 24.5. The van der Waals surface area contributed by atoms with E-state index >= 15 is 0 Å². The van der Waals surface area contributed by atoms with E-state index in [4.69, 9.17) is 14.6 Å². The Kier molecular flexibility index (Phi) is 10.9. The van der Waals surface area contributed by atoms with Crippen LogP contribution in [0.25, 0.3) is 0 Å². The van der Waals surface area contributed by atoms with Crippen molar-refractivity contribution in [2.24, 2.45) is 0 Å². The molecule has 5 rings (SSSR count). The summed E-state index contributed by atoms with van der Waals surface area (Å²) in [6.45, 7) is 2.21. The van der Waals surface area contributed by atoms with Crippen molar-refractivity contribution in [1.29, 1.82) is 0 Å². The van der Waals surface area contributed by atoms with Crippen molar-refractivity contribution >= 4 is 17.6 Å². The molecule has 1 amide bonds. The number of aliphatic hydroxyl groups is 1. The van der Waals surface area contributed by atoms with Gasteiger partial charge in [-0.05, 0) is 34.4 Å². The average molecular weight is 595 g/mol. The molecule has 0 radical (unpaired) electrons. The molecular weight excluding hydrogens is 556 g/mol. The molecule has 1 heterocycles. The Labute approximate surface area is 257 Å². The van der Waals surface area contributed by atoms with Gasteiger partial charge in [-0.3, -0.25) is 14.5 Å². The van der Waals surface area contributed by atoms with Crippen LogP contribution in [0.5, 0.6) is 0 Å². The monoisotopic (exact) mass is 594 g/mol. The van der Waals surface area contributed by atoms with E-state index in [1.165, 1.54) is 11.1 Å². The first kappa shape index (κ1) is 31.1. The number of hydrogen-bond donors (Lipinski definition) is 3. The molecule has 1 aliphatic rings. The summed E-state index contributed by atoms with van der Waals surface area (Å²) in [5.74, 6) is -1.36. The van der Waals surface area contributed by atoms with Gasteiger partial charge in [-0.2, -0.15) is 0 Å². The molecule has 0 spiro atoms. The second kappa shape index (κ2) is 15.4. The van der Waals surface area contributed by atoms with E-state index in [-0.39, 0.29) is 37.6 Å². The van der Waals surface area contributed by atoms with Gasteiger partial charge >= 0.3 is 5.97 Å². The number of rotatable bonds is 13. The van der Waals surface area contributed by atoms with Crippen LogP contribution in [0.15, 0.2) is 109 Å². The highest BCUT2D eigenvalue weighted by molar-refractivity contribution is 5.92. The number of carboxylic acid groups (broad SMARTS) is 1. The number of nitrogens with zero attached hydrogens (tertiary/aromatic N) is 1. The van der Waals surface area contributed by atoms with Gasteiger partial charge in [-0.15, -0.1) is 0 Å². The molecule has 4 aromatic rings. The molecule has 8 heteroatoms. The lowest BCUT2D eigenvalue weighted by Crippen LogP contribution is -2.39. The highest BCUT2D eigenvalue weighted by Crippen LogP contribution is 2.38. The van der Waals surface area contributed by atoms with E-state index in [9.17, 15) is 14.7 Å². The Morgan fingerprint density at radius 2 is 1.32 bits per heavy atom. The standard InChI is InChI=1S/C36H38N2O6/c39-25-28-11-13-29(14-12-28)33-21-32(24-38(22-26-7-3-1-4-8-26)23-27-9-5-2-6-10-27)43-36(44-33)30-15-17-31(18-16-30)37-34(40)19-20-35(41)42/h1-18,32-33,36,39H,19-25H2,(H,37,40)(H,41,42). The van der Waals surface area contributed by atoms with Gasteiger partial charge in [-0.25, -0.2) is 0 Å². The number of carboxylic acids is 1. The minimum Gasteiger partial charge on any atom is -0.481 e. The van der Waals surface area contributed by atoms with Gasteiger partial charge in [0.1, 0.15) is 0 Å². The van der Waals surface area contributed by atoms with Crippen LogP contribution in [0, 0.1) is 0 Å². The summed E-state index contributed by atoms with van der Waals surface area (Å²) in [7, 11) is 0. The lowest BCUT2D eigenvalue weighted by Gasteiger charge is -2.38. The van der Waals surface area contributed by atoms with E-state index in [1.54, 1.807) is 12.1 Å². The number of anilines is 1. The van der Waals surface area contributed by atoms with Gasteiger partial charge in [0.15, 0.2) is 6.29 Å². The molecule has 0 aromatic heterocycles. The Hall–Kier alpha value is -4.34. The maximum atomic E-state index is 12.1. The van der Waals surface area contributed by atoms with Crippen molar-refractivity contribution in [3.8, 4) is 0 Å². The molecule has 8 nitrogen and oxygen atoms in total. The number of nitrogens with one attached hydrogen (secondary N) is 1. The number of aliphatic hydroxyl groups excluding tert-OH is 1. The van der Waals surface area contributed by atoms with Gasteiger partial charge in [0.2, 0.25) is 5.91 Å². The van der Waals surface area contributed by atoms with Crippen LogP contribution < -0.4 is 5.32 Å². The van der Waals surface area contributed by atoms with Crippen molar-refractivity contribution in [1.82, 2.24) is 4.90 Å². The van der Waals surface area contributed by atoms with E-state index in [2.05, 4.69) is 58.7 Å². The first-order valence-electron chi connectivity index (χ1n) is 14.9. The van der Waals surface area contributed by atoms with E-state index in [0.29, 0.717) is 18.7 Å². The summed E-state index contributed by atoms with van der Waals surface area (Å²) in [6.07, 6.45) is -0.652. The maximum Gasteiger partial charge on any atom is 0.303 e. The number of aliphatic carboxylic acids is 1. The third-order valence-electron chi connectivity index (χ3n) is 7.61. The summed E-state index contributed by atoms with van der Waals surface area (Å²) >= 11 is 0. The zero-order valence-electron chi connectivity index (χ0n) is 24.5. The van der Waals surface area contributed by atoms with Crippen LogP contribution in [-0.4, -0.2) is 39.6 Å². The summed E-state index contributed by atoms with van der Waals surface area (Å²) in [5, 5.41) is 21.1. The van der Waals surface area contributed by atoms with Crippen LogP contribution >= 0.6 is 0 Å². The second-order valence-corrected chi connectivity index (χ2v) is 11.1. The SMILES string of the molecule is O=C(O)CCC(=O)Nc1ccc(C2OC(CN(Cc3ccccc3)Cc3ccccc3)CC(c3ccc(CO)cc3)O2)cc1. The fraction of sp³-hybridized carbons (Fsp3) is 0.278. The number of benzene rings is 4. The van der Waals surface area contributed by atoms with Gasteiger partial charge < -0.3 is 25.0 Å². The van der Waals surface area contributed by atoms with Crippen LogP contribution in [0.1, 0.15) is 59.5 Å². The Morgan fingerprint density at radius 1 is 0.727 bits per heavy atom. The van der Waals surface area contributed by atoms with Crippen molar-refractivity contribution in [2.45, 2.75) is 57.5 Å². The van der Waals surface area contributed by atoms with E-state index in [1.807, 2.05) is 48.5 Å². The number of carbonyl (C=O) groups excluding carboxylic acids is 1. The predicted molar refractivity (Wildman–Crippen MR) is 167 cm³/mol. The molecule has 3 N–H and O–H groups in total. The number of ether oxygens (including phenoxy) is 2. The normalized spacial score (nSPS) is 18.2. The topological polar surface area (TPSA) is 108 Å². The van der Waals surface area contributed by atoms with Gasteiger partial charge in [0, 0.05) is 43.7 Å². The van der Waals surface area contributed by atoms with Gasteiger partial charge in [-0.1, -0.05) is 97.1 Å². The molecular formula is C36H38N2O6. The van der Waals surface area contributed by atoms with Crippen LogP contribution in [-0.2, 0) is 38.8 Å². The molecule has 228 valence electrons. The largest absolute Gasteiger partial charge is 0.481 e. The van der Waals surface area contributed by atoms with Crippen molar-refractivity contribution in [2.75, 3.05) is 11.9 Å². The van der Waals surface area contributed by atoms with E-state index in [0.717, 1.165) is 29.8 Å². The number of hydrogen-bond acceptors (Lipinski definition) is 6. The van der Waals surface area contributed by atoms with Crippen LogP contribution in [0.3, 0.4) is 0 Å². The minimum atomic E-state index is -1.01. The molecule has 3 unspecified atom stereocenters. The third kappa shape index (κ3) is 9.08. The summed E-state index contributed by atoms with van der Waals surface area (Å²) in [5.41, 5.74) is 5.69. The lowest BCUT2D eigenvalue weighted by atomic mass is 9.99. The molecule has 0 bridgehead atoms. The maximum absolute atomic E-state index is 12.1.